The van der Waals surface area contributed by atoms with Gasteiger partial charge in [0.2, 0.25) is 5.95 Å². The van der Waals surface area contributed by atoms with Crippen LogP contribution in [0.15, 0.2) is 55.4 Å². The minimum Gasteiger partial charge on any atom is -0.324 e. The molecule has 0 fully saturated rings. The van der Waals surface area contributed by atoms with E-state index >= 15 is 0 Å². The summed E-state index contributed by atoms with van der Waals surface area (Å²) in [5.74, 6) is -0.497. The third-order valence-electron chi connectivity index (χ3n) is 3.91. The molecule has 4 rings (SSSR count). The van der Waals surface area contributed by atoms with Crippen molar-refractivity contribution in [2.24, 2.45) is 0 Å². The SMILES string of the molecule is Fc1ccc(Nc2ncc(-c3cncnc3)c(-n3ccc(C(F)(F)F)n3)n2)cc1Cl. The lowest BCUT2D eigenvalue weighted by molar-refractivity contribution is -0.141. The lowest BCUT2D eigenvalue weighted by Crippen LogP contribution is -2.10. The van der Waals surface area contributed by atoms with Crippen molar-refractivity contribution < 1.29 is 17.6 Å². The lowest BCUT2D eigenvalue weighted by atomic mass is 10.2. The first-order valence-corrected chi connectivity index (χ1v) is 8.67. The van der Waals surface area contributed by atoms with Gasteiger partial charge < -0.3 is 5.32 Å². The Hall–Kier alpha value is -3.60. The van der Waals surface area contributed by atoms with Crippen LogP contribution in [-0.2, 0) is 6.18 Å². The van der Waals surface area contributed by atoms with Crippen molar-refractivity contribution in [3.63, 3.8) is 0 Å². The zero-order valence-electron chi connectivity index (χ0n) is 14.8. The largest absolute Gasteiger partial charge is 0.435 e. The fourth-order valence-electron chi connectivity index (χ4n) is 2.55. The van der Waals surface area contributed by atoms with Crippen LogP contribution in [0.25, 0.3) is 16.9 Å². The highest BCUT2D eigenvalue weighted by atomic mass is 35.5. The number of nitrogens with zero attached hydrogens (tertiary/aromatic N) is 6. The number of rotatable bonds is 4. The Morgan fingerprint density at radius 1 is 1.03 bits per heavy atom. The average molecular weight is 436 g/mol. The van der Waals surface area contributed by atoms with Crippen molar-refractivity contribution in [3.05, 3.63) is 71.9 Å². The van der Waals surface area contributed by atoms with E-state index < -0.39 is 17.7 Å². The summed E-state index contributed by atoms with van der Waals surface area (Å²) < 4.78 is 53.3. The van der Waals surface area contributed by atoms with E-state index in [4.69, 9.17) is 11.6 Å². The topological polar surface area (TPSA) is 81.4 Å². The molecule has 0 radical (unpaired) electrons. The molecule has 7 nitrogen and oxygen atoms in total. The second-order valence-corrected chi connectivity index (χ2v) is 6.36. The second-order valence-electron chi connectivity index (χ2n) is 5.96. The van der Waals surface area contributed by atoms with E-state index in [9.17, 15) is 17.6 Å². The molecule has 0 saturated carbocycles. The Balaban J connectivity index is 1.79. The number of hydrogen-bond donors (Lipinski definition) is 1. The van der Waals surface area contributed by atoms with E-state index in [1.807, 2.05) is 0 Å². The first kappa shape index (κ1) is 19.7. The molecule has 0 aliphatic heterocycles. The first-order chi connectivity index (χ1) is 14.3. The van der Waals surface area contributed by atoms with Crippen molar-refractivity contribution in [1.29, 1.82) is 0 Å². The summed E-state index contributed by atoms with van der Waals surface area (Å²) >= 11 is 5.77. The molecule has 152 valence electrons. The van der Waals surface area contributed by atoms with Crippen molar-refractivity contribution in [3.8, 4) is 16.9 Å². The predicted molar refractivity (Wildman–Crippen MR) is 99.9 cm³/mol. The van der Waals surface area contributed by atoms with Gasteiger partial charge in [-0.15, -0.1) is 0 Å². The van der Waals surface area contributed by atoms with Crippen LogP contribution in [0.4, 0.5) is 29.2 Å². The smallest absolute Gasteiger partial charge is 0.324 e. The van der Waals surface area contributed by atoms with Gasteiger partial charge in [-0.1, -0.05) is 11.6 Å². The summed E-state index contributed by atoms with van der Waals surface area (Å²) in [5, 5.41) is 6.29. The van der Waals surface area contributed by atoms with Crippen LogP contribution in [0, 0.1) is 5.82 Å². The van der Waals surface area contributed by atoms with E-state index in [1.165, 1.54) is 37.1 Å². The molecular formula is C18H10ClF4N7. The maximum absolute atomic E-state index is 13.4. The lowest BCUT2D eigenvalue weighted by Gasteiger charge is -2.11. The van der Waals surface area contributed by atoms with Crippen LogP contribution in [-0.4, -0.2) is 29.7 Å². The van der Waals surface area contributed by atoms with Crippen LogP contribution >= 0.6 is 11.6 Å². The molecule has 0 spiro atoms. The fourth-order valence-corrected chi connectivity index (χ4v) is 2.73. The Labute approximate surface area is 171 Å². The molecule has 0 bridgehead atoms. The maximum atomic E-state index is 13.4. The van der Waals surface area contributed by atoms with Crippen molar-refractivity contribution in [2.45, 2.75) is 6.18 Å². The molecule has 0 amide bonds. The van der Waals surface area contributed by atoms with Gasteiger partial charge in [-0.25, -0.2) is 24.0 Å². The predicted octanol–water partition coefficient (Wildman–Crippen LogP) is 4.67. The van der Waals surface area contributed by atoms with Gasteiger partial charge in [0, 0.05) is 41.6 Å². The summed E-state index contributed by atoms with van der Waals surface area (Å²) in [5.41, 5.74) is 0.152. The van der Waals surface area contributed by atoms with E-state index in [1.54, 1.807) is 0 Å². The molecule has 0 unspecified atom stereocenters. The van der Waals surface area contributed by atoms with Crippen LogP contribution in [0.3, 0.4) is 0 Å². The highest BCUT2D eigenvalue weighted by Crippen LogP contribution is 2.30. The quantitative estimate of drug-likeness (QED) is 0.469. The van der Waals surface area contributed by atoms with Gasteiger partial charge in [0.1, 0.15) is 12.1 Å². The maximum Gasteiger partial charge on any atom is 0.435 e. The Morgan fingerprint density at radius 3 is 2.47 bits per heavy atom. The number of halogens is 5. The summed E-state index contributed by atoms with van der Waals surface area (Å²) in [4.78, 5) is 16.3. The van der Waals surface area contributed by atoms with Crippen LogP contribution in [0.2, 0.25) is 5.02 Å². The number of anilines is 2. The number of hydrogen-bond acceptors (Lipinski definition) is 6. The number of aromatic nitrogens is 6. The zero-order valence-corrected chi connectivity index (χ0v) is 15.5. The summed E-state index contributed by atoms with van der Waals surface area (Å²) in [6, 6.07) is 4.73. The summed E-state index contributed by atoms with van der Waals surface area (Å²) in [6.07, 6.45) is 2.17. The fraction of sp³-hybridized carbons (Fsp3) is 0.0556. The Kier molecular flexibility index (Phi) is 5.04. The molecule has 1 aromatic carbocycles. The normalized spacial score (nSPS) is 11.5. The highest BCUT2D eigenvalue weighted by Gasteiger charge is 2.34. The third kappa shape index (κ3) is 4.06. The van der Waals surface area contributed by atoms with Gasteiger partial charge in [0.15, 0.2) is 11.5 Å². The molecule has 0 atom stereocenters. The van der Waals surface area contributed by atoms with Crippen molar-refractivity contribution in [2.75, 3.05) is 5.32 Å². The van der Waals surface area contributed by atoms with Gasteiger partial charge in [-0.2, -0.15) is 23.3 Å². The minimum absolute atomic E-state index is 0.0392. The molecule has 0 aliphatic rings. The molecule has 3 heterocycles. The van der Waals surface area contributed by atoms with Gasteiger partial charge in [0.25, 0.3) is 0 Å². The minimum atomic E-state index is -4.61. The molecule has 1 N–H and O–H groups in total. The Bertz CT molecular complexity index is 1190. The molecule has 4 aromatic rings. The van der Waals surface area contributed by atoms with E-state index in [2.05, 4.69) is 30.4 Å². The monoisotopic (exact) mass is 435 g/mol. The molecule has 0 saturated heterocycles. The average Bonchev–Trinajstić information content (AvgIpc) is 3.22. The molecule has 3 aromatic heterocycles. The standard InChI is InChI=1S/C18H10ClF4N7/c19-13-5-11(1-2-14(13)20)27-17-26-8-12(10-6-24-9-25-7-10)16(28-17)30-4-3-15(29-30)18(21,22)23/h1-9H,(H,26,27,28). The summed E-state index contributed by atoms with van der Waals surface area (Å²) in [6.45, 7) is 0. The summed E-state index contributed by atoms with van der Waals surface area (Å²) in [7, 11) is 0. The van der Waals surface area contributed by atoms with E-state index in [0.717, 1.165) is 23.0 Å². The number of nitrogens with one attached hydrogen (secondary N) is 1. The van der Waals surface area contributed by atoms with Gasteiger partial charge in [-0.3, -0.25) is 0 Å². The molecule has 0 aliphatic carbocycles. The van der Waals surface area contributed by atoms with Crippen molar-refractivity contribution in [1.82, 2.24) is 29.7 Å². The van der Waals surface area contributed by atoms with Crippen LogP contribution in [0.5, 0.6) is 0 Å². The van der Waals surface area contributed by atoms with Gasteiger partial charge in [-0.05, 0) is 24.3 Å². The number of alkyl halides is 3. The van der Waals surface area contributed by atoms with Crippen molar-refractivity contribution >= 4 is 23.2 Å². The third-order valence-corrected chi connectivity index (χ3v) is 4.20. The molecule has 30 heavy (non-hydrogen) atoms. The Morgan fingerprint density at radius 2 is 1.80 bits per heavy atom. The van der Waals surface area contributed by atoms with Crippen LogP contribution in [0.1, 0.15) is 5.69 Å². The van der Waals surface area contributed by atoms with Gasteiger partial charge in [0.05, 0.1) is 5.02 Å². The van der Waals surface area contributed by atoms with E-state index in [0.29, 0.717) is 16.8 Å². The molecular weight excluding hydrogens is 426 g/mol. The van der Waals surface area contributed by atoms with Crippen LogP contribution < -0.4 is 5.32 Å². The number of benzene rings is 1. The second kappa shape index (κ2) is 7.67. The van der Waals surface area contributed by atoms with Gasteiger partial charge >= 0.3 is 6.18 Å². The van der Waals surface area contributed by atoms with E-state index in [-0.39, 0.29) is 16.8 Å². The molecule has 12 heteroatoms. The highest BCUT2D eigenvalue weighted by molar-refractivity contribution is 6.31. The first-order valence-electron chi connectivity index (χ1n) is 8.29. The zero-order chi connectivity index (χ0) is 21.3.